The first-order valence-corrected chi connectivity index (χ1v) is 8.88. The van der Waals surface area contributed by atoms with Crippen LogP contribution in [0.5, 0.6) is 6.01 Å². The number of aromatic nitrogens is 4. The first kappa shape index (κ1) is 18.8. The van der Waals surface area contributed by atoms with Crippen molar-refractivity contribution in [2.45, 2.75) is 32.8 Å². The summed E-state index contributed by atoms with van der Waals surface area (Å²) < 4.78 is 19.8. The van der Waals surface area contributed by atoms with E-state index in [4.69, 9.17) is 16.3 Å². The Labute approximate surface area is 161 Å². The van der Waals surface area contributed by atoms with Crippen LogP contribution in [0.2, 0.25) is 5.02 Å². The number of hydrogen-bond donors (Lipinski definition) is 1. The molecule has 3 rings (SSSR count). The molecule has 0 aliphatic carbocycles. The fourth-order valence-corrected chi connectivity index (χ4v) is 2.87. The maximum absolute atomic E-state index is 14.2. The fraction of sp³-hybridized carbons (Fsp3) is 0.263. The monoisotopic (exact) mass is 385 g/mol. The van der Waals surface area contributed by atoms with Gasteiger partial charge in [-0.3, -0.25) is 0 Å². The molecule has 6 nitrogen and oxygen atoms in total. The molecule has 0 aliphatic rings. The molecule has 0 atom stereocenters. The van der Waals surface area contributed by atoms with Gasteiger partial charge in [-0.05, 0) is 25.0 Å². The number of imidazole rings is 1. The van der Waals surface area contributed by atoms with E-state index in [1.54, 1.807) is 6.07 Å². The summed E-state index contributed by atoms with van der Waals surface area (Å²) in [5, 5.41) is 9.59. The van der Waals surface area contributed by atoms with Crippen molar-refractivity contribution in [1.29, 1.82) is 5.26 Å². The van der Waals surface area contributed by atoms with Gasteiger partial charge in [-0.15, -0.1) is 0 Å². The lowest BCUT2D eigenvalue weighted by Gasteiger charge is -2.13. The Balaban J connectivity index is 1.96. The lowest BCUT2D eigenvalue weighted by molar-refractivity contribution is 0.176. The Bertz CT molecular complexity index is 957. The highest BCUT2D eigenvalue weighted by atomic mass is 35.5. The third kappa shape index (κ3) is 3.91. The van der Waals surface area contributed by atoms with Crippen molar-refractivity contribution < 1.29 is 9.13 Å². The quantitative estimate of drug-likeness (QED) is 0.660. The van der Waals surface area contributed by atoms with Gasteiger partial charge in [0.15, 0.2) is 5.69 Å². The van der Waals surface area contributed by atoms with E-state index in [0.29, 0.717) is 11.3 Å². The molecule has 0 unspecified atom stereocenters. The van der Waals surface area contributed by atoms with Crippen molar-refractivity contribution in [2.24, 2.45) is 0 Å². The number of nitrogens with zero attached hydrogens (tertiary/aromatic N) is 4. The summed E-state index contributed by atoms with van der Waals surface area (Å²) in [5.41, 5.74) is 1.13. The summed E-state index contributed by atoms with van der Waals surface area (Å²) in [6.07, 6.45) is 4.82. The van der Waals surface area contributed by atoms with Gasteiger partial charge < -0.3 is 9.72 Å². The van der Waals surface area contributed by atoms with Gasteiger partial charge in [0.1, 0.15) is 23.8 Å². The molecule has 0 fully saturated rings. The Morgan fingerprint density at radius 1 is 1.26 bits per heavy atom. The lowest BCUT2D eigenvalue weighted by Crippen LogP contribution is -2.15. The van der Waals surface area contributed by atoms with Gasteiger partial charge in [-0.25, -0.2) is 19.3 Å². The molecular weight excluding hydrogens is 369 g/mol. The highest BCUT2D eigenvalue weighted by molar-refractivity contribution is 6.33. The molecule has 1 N–H and O–H groups in total. The van der Waals surface area contributed by atoms with Gasteiger partial charge in [-0.1, -0.05) is 31.5 Å². The molecular formula is C19H17ClFN5O. The third-order valence-electron chi connectivity index (χ3n) is 4.11. The molecule has 1 aromatic carbocycles. The topological polar surface area (TPSA) is 87.5 Å². The molecule has 0 radical (unpaired) electrons. The van der Waals surface area contributed by atoms with Gasteiger partial charge in [0.05, 0.1) is 16.3 Å². The molecule has 3 aromatic rings. The second kappa shape index (κ2) is 8.14. The summed E-state index contributed by atoms with van der Waals surface area (Å²) in [7, 11) is 0. The predicted octanol–water partition coefficient (Wildman–Crippen LogP) is 4.77. The minimum absolute atomic E-state index is 0.0486. The van der Waals surface area contributed by atoms with Crippen molar-refractivity contribution in [2.75, 3.05) is 0 Å². The highest BCUT2D eigenvalue weighted by Gasteiger charge is 2.19. The Morgan fingerprint density at radius 3 is 2.56 bits per heavy atom. The highest BCUT2D eigenvalue weighted by Crippen LogP contribution is 2.31. The van der Waals surface area contributed by atoms with Gasteiger partial charge in [-0.2, -0.15) is 5.26 Å². The number of halogens is 2. The van der Waals surface area contributed by atoms with Gasteiger partial charge in [0.2, 0.25) is 0 Å². The van der Waals surface area contributed by atoms with E-state index in [1.165, 1.54) is 24.5 Å². The van der Waals surface area contributed by atoms with Gasteiger partial charge in [0, 0.05) is 18.0 Å². The number of benzene rings is 1. The van der Waals surface area contributed by atoms with Crippen LogP contribution in [-0.2, 0) is 0 Å². The van der Waals surface area contributed by atoms with Crippen LogP contribution < -0.4 is 4.74 Å². The number of nitriles is 1. The Morgan fingerprint density at radius 2 is 1.96 bits per heavy atom. The van der Waals surface area contributed by atoms with Crippen LogP contribution in [-0.4, -0.2) is 26.0 Å². The molecule has 0 amide bonds. The van der Waals surface area contributed by atoms with Crippen LogP contribution in [0.3, 0.4) is 0 Å². The van der Waals surface area contributed by atoms with Crippen LogP contribution in [0, 0.1) is 17.1 Å². The zero-order valence-electron chi connectivity index (χ0n) is 14.8. The average molecular weight is 386 g/mol. The van der Waals surface area contributed by atoms with Crippen LogP contribution in [0.25, 0.3) is 22.6 Å². The van der Waals surface area contributed by atoms with Crippen molar-refractivity contribution in [3.05, 3.63) is 47.1 Å². The molecule has 2 heterocycles. The number of H-pyrrole nitrogens is 1. The van der Waals surface area contributed by atoms with E-state index in [-0.39, 0.29) is 34.2 Å². The molecule has 0 aliphatic heterocycles. The maximum atomic E-state index is 14.2. The third-order valence-corrected chi connectivity index (χ3v) is 4.42. The normalized spacial score (nSPS) is 10.8. The van der Waals surface area contributed by atoms with Crippen molar-refractivity contribution >= 4 is 11.6 Å². The van der Waals surface area contributed by atoms with Crippen molar-refractivity contribution in [3.8, 4) is 34.7 Å². The van der Waals surface area contributed by atoms with Crippen LogP contribution >= 0.6 is 11.6 Å². The molecule has 27 heavy (non-hydrogen) atoms. The number of rotatable bonds is 6. The van der Waals surface area contributed by atoms with Crippen LogP contribution in [0.4, 0.5) is 4.39 Å². The molecule has 0 bridgehead atoms. The first-order valence-electron chi connectivity index (χ1n) is 8.50. The first-order chi connectivity index (χ1) is 13.1. The van der Waals surface area contributed by atoms with E-state index >= 15 is 0 Å². The van der Waals surface area contributed by atoms with Crippen LogP contribution in [0.1, 0.15) is 32.4 Å². The van der Waals surface area contributed by atoms with Crippen molar-refractivity contribution in [1.82, 2.24) is 19.9 Å². The van der Waals surface area contributed by atoms with E-state index in [9.17, 15) is 9.65 Å². The summed E-state index contributed by atoms with van der Waals surface area (Å²) in [6, 6.07) is 6.60. The average Bonchev–Trinajstić information content (AvgIpc) is 3.10. The largest absolute Gasteiger partial charge is 0.460 e. The van der Waals surface area contributed by atoms with E-state index in [2.05, 4.69) is 19.9 Å². The molecule has 138 valence electrons. The summed E-state index contributed by atoms with van der Waals surface area (Å²) in [6.45, 7) is 4.06. The van der Waals surface area contributed by atoms with Gasteiger partial charge >= 0.3 is 6.01 Å². The zero-order valence-corrected chi connectivity index (χ0v) is 15.6. The number of nitrogens with one attached hydrogen (secondary N) is 1. The summed E-state index contributed by atoms with van der Waals surface area (Å²) >= 11 is 6.09. The Kier molecular flexibility index (Phi) is 5.67. The van der Waals surface area contributed by atoms with Crippen LogP contribution in [0.15, 0.2) is 30.6 Å². The minimum atomic E-state index is -0.530. The second-order valence-corrected chi connectivity index (χ2v) is 6.24. The van der Waals surface area contributed by atoms with Gasteiger partial charge in [0.25, 0.3) is 0 Å². The number of aromatic amines is 1. The Hall–Kier alpha value is -2.98. The smallest absolute Gasteiger partial charge is 0.316 e. The molecule has 0 saturated carbocycles. The minimum Gasteiger partial charge on any atom is -0.460 e. The number of ether oxygens (including phenoxy) is 1. The molecule has 8 heteroatoms. The molecule has 0 saturated heterocycles. The lowest BCUT2D eigenvalue weighted by atomic mass is 10.2. The molecule has 2 aromatic heterocycles. The maximum Gasteiger partial charge on any atom is 0.316 e. The van der Waals surface area contributed by atoms with E-state index < -0.39 is 5.82 Å². The standard InChI is InChI=1S/C19H17ClFN5O/c1-3-12(4-2)27-19-23-9-11(10-24-19)17-15(8-22)25-18(26-17)16-13(20)6-5-7-14(16)21/h5-7,9-10,12H,3-4H2,1-2H3,(H,25,26). The fourth-order valence-electron chi connectivity index (χ4n) is 2.62. The second-order valence-electron chi connectivity index (χ2n) is 5.83. The SMILES string of the molecule is CCC(CC)Oc1ncc(-c2[nH]c(-c3c(F)cccc3Cl)nc2C#N)cn1. The summed E-state index contributed by atoms with van der Waals surface area (Å²) in [5.74, 6) is -0.362. The predicted molar refractivity (Wildman–Crippen MR) is 99.7 cm³/mol. The zero-order chi connectivity index (χ0) is 19.4. The van der Waals surface area contributed by atoms with Crippen molar-refractivity contribution in [3.63, 3.8) is 0 Å². The van der Waals surface area contributed by atoms with E-state index in [1.807, 2.05) is 19.9 Å². The number of hydrogen-bond acceptors (Lipinski definition) is 5. The summed E-state index contributed by atoms with van der Waals surface area (Å²) in [4.78, 5) is 15.5. The van der Waals surface area contributed by atoms with E-state index in [0.717, 1.165) is 12.8 Å². The molecule has 0 spiro atoms.